The fraction of sp³-hybridized carbons (Fsp3) is 0.750. The Kier molecular flexibility index (Phi) is 5.75. The molecule has 7 nitrogen and oxygen atoms in total. The van der Waals surface area contributed by atoms with Gasteiger partial charge in [-0.3, -0.25) is 14.4 Å². The van der Waals surface area contributed by atoms with Crippen LogP contribution in [0, 0.1) is 0 Å². The first-order valence-electron chi connectivity index (χ1n) is 6.05. The van der Waals surface area contributed by atoms with Gasteiger partial charge in [-0.1, -0.05) is 0 Å². The standard InChI is InChI=1S/C12H19NO6/c1-8-4-5-9(19-8)12(16)13(6-10(14)17-2)7-11(15)18-3/h8-9H,4-7H2,1-3H3. The summed E-state index contributed by atoms with van der Waals surface area (Å²) in [6, 6.07) is 0. The van der Waals surface area contributed by atoms with Crippen molar-refractivity contribution in [2.24, 2.45) is 0 Å². The van der Waals surface area contributed by atoms with Crippen LogP contribution in [-0.4, -0.2) is 62.3 Å². The fourth-order valence-corrected chi connectivity index (χ4v) is 1.84. The maximum Gasteiger partial charge on any atom is 0.325 e. The van der Waals surface area contributed by atoms with E-state index in [4.69, 9.17) is 4.74 Å². The Labute approximate surface area is 111 Å². The molecule has 1 fully saturated rings. The van der Waals surface area contributed by atoms with Crippen molar-refractivity contribution in [3.05, 3.63) is 0 Å². The molecule has 7 heteroatoms. The highest BCUT2D eigenvalue weighted by Gasteiger charge is 2.33. The molecule has 19 heavy (non-hydrogen) atoms. The molecule has 0 bridgehead atoms. The molecule has 2 unspecified atom stereocenters. The number of carbonyl (C=O) groups is 3. The summed E-state index contributed by atoms with van der Waals surface area (Å²) in [6.07, 6.45) is 0.760. The van der Waals surface area contributed by atoms with E-state index in [-0.39, 0.29) is 25.1 Å². The van der Waals surface area contributed by atoms with Gasteiger partial charge in [0, 0.05) is 0 Å². The summed E-state index contributed by atoms with van der Waals surface area (Å²) >= 11 is 0. The van der Waals surface area contributed by atoms with E-state index in [1.54, 1.807) is 0 Å². The second kappa shape index (κ2) is 7.08. The third-order valence-electron chi connectivity index (χ3n) is 2.91. The Hall–Kier alpha value is -1.63. The molecule has 0 aromatic rings. The van der Waals surface area contributed by atoms with Crippen molar-refractivity contribution in [2.45, 2.75) is 32.0 Å². The largest absolute Gasteiger partial charge is 0.468 e. The van der Waals surface area contributed by atoms with Gasteiger partial charge in [0.25, 0.3) is 5.91 Å². The first-order chi connectivity index (χ1) is 8.97. The SMILES string of the molecule is COC(=O)CN(CC(=O)OC)C(=O)C1CCC(C)O1. The molecule has 0 aromatic heterocycles. The van der Waals surface area contributed by atoms with Gasteiger partial charge >= 0.3 is 11.9 Å². The number of carbonyl (C=O) groups excluding carboxylic acids is 3. The summed E-state index contributed by atoms with van der Waals surface area (Å²) in [7, 11) is 2.44. The molecule has 1 heterocycles. The lowest BCUT2D eigenvalue weighted by Gasteiger charge is -2.23. The van der Waals surface area contributed by atoms with Crippen molar-refractivity contribution in [1.82, 2.24) is 4.90 Å². The Balaban J connectivity index is 2.68. The minimum absolute atomic E-state index is 0.00653. The molecule has 0 N–H and O–H groups in total. The minimum Gasteiger partial charge on any atom is -0.468 e. The van der Waals surface area contributed by atoms with Crippen molar-refractivity contribution < 1.29 is 28.6 Å². The zero-order valence-electron chi connectivity index (χ0n) is 11.4. The Morgan fingerprint density at radius 3 is 2.00 bits per heavy atom. The van der Waals surface area contributed by atoms with Crippen LogP contribution in [0.2, 0.25) is 0 Å². The number of rotatable bonds is 5. The van der Waals surface area contributed by atoms with Gasteiger partial charge in [0.05, 0.1) is 20.3 Å². The van der Waals surface area contributed by atoms with Gasteiger partial charge in [-0.25, -0.2) is 0 Å². The monoisotopic (exact) mass is 273 g/mol. The fourth-order valence-electron chi connectivity index (χ4n) is 1.84. The maximum absolute atomic E-state index is 12.2. The average Bonchev–Trinajstić information content (AvgIpc) is 2.83. The summed E-state index contributed by atoms with van der Waals surface area (Å²) in [6.45, 7) is 1.29. The van der Waals surface area contributed by atoms with Crippen LogP contribution in [0.3, 0.4) is 0 Å². The van der Waals surface area contributed by atoms with Crippen LogP contribution >= 0.6 is 0 Å². The lowest BCUT2D eigenvalue weighted by Crippen LogP contribution is -2.45. The molecule has 0 aliphatic carbocycles. The highest BCUT2D eigenvalue weighted by molar-refractivity contribution is 5.88. The third kappa shape index (κ3) is 4.51. The van der Waals surface area contributed by atoms with E-state index < -0.39 is 18.0 Å². The van der Waals surface area contributed by atoms with E-state index in [1.807, 2.05) is 6.92 Å². The molecule has 0 aromatic carbocycles. The summed E-state index contributed by atoms with van der Waals surface area (Å²) in [5, 5.41) is 0. The van der Waals surface area contributed by atoms with Gasteiger partial charge in [0.1, 0.15) is 19.2 Å². The maximum atomic E-state index is 12.2. The van der Waals surface area contributed by atoms with Crippen molar-refractivity contribution in [3.63, 3.8) is 0 Å². The average molecular weight is 273 g/mol. The van der Waals surface area contributed by atoms with E-state index in [9.17, 15) is 14.4 Å². The molecule has 1 rings (SSSR count). The predicted octanol–water partition coefficient (Wildman–Crippen LogP) is -0.271. The van der Waals surface area contributed by atoms with Crippen molar-refractivity contribution in [2.75, 3.05) is 27.3 Å². The van der Waals surface area contributed by atoms with Crippen molar-refractivity contribution in [3.8, 4) is 0 Å². The number of hydrogen-bond donors (Lipinski definition) is 0. The van der Waals surface area contributed by atoms with Crippen LogP contribution in [0.5, 0.6) is 0 Å². The molecule has 1 aliphatic heterocycles. The summed E-state index contributed by atoms with van der Waals surface area (Å²) in [5.74, 6) is -1.58. The molecule has 108 valence electrons. The molecule has 2 atom stereocenters. The quantitative estimate of drug-likeness (QED) is 0.641. The molecule has 1 saturated heterocycles. The van der Waals surface area contributed by atoms with E-state index in [2.05, 4.69) is 9.47 Å². The molecule has 1 aliphatic rings. The molecule has 0 spiro atoms. The van der Waals surface area contributed by atoms with Crippen LogP contribution in [-0.2, 0) is 28.6 Å². The highest BCUT2D eigenvalue weighted by Crippen LogP contribution is 2.20. The summed E-state index contributed by atoms with van der Waals surface area (Å²) in [4.78, 5) is 35.8. The zero-order chi connectivity index (χ0) is 14.4. The lowest BCUT2D eigenvalue weighted by molar-refractivity contribution is -0.156. The summed E-state index contributed by atoms with van der Waals surface area (Å²) in [5.41, 5.74) is 0. The zero-order valence-corrected chi connectivity index (χ0v) is 11.4. The van der Waals surface area contributed by atoms with Crippen LogP contribution in [0.25, 0.3) is 0 Å². The Bertz CT molecular complexity index is 338. The molecular formula is C12H19NO6. The Morgan fingerprint density at radius 2 is 1.63 bits per heavy atom. The van der Waals surface area contributed by atoms with Gasteiger partial charge in [-0.15, -0.1) is 0 Å². The van der Waals surface area contributed by atoms with E-state index in [0.29, 0.717) is 6.42 Å². The van der Waals surface area contributed by atoms with E-state index in [0.717, 1.165) is 11.3 Å². The number of esters is 2. The van der Waals surface area contributed by atoms with Gasteiger partial charge in [0.15, 0.2) is 0 Å². The lowest BCUT2D eigenvalue weighted by atomic mass is 10.2. The molecule has 1 amide bonds. The van der Waals surface area contributed by atoms with Crippen LogP contribution < -0.4 is 0 Å². The minimum atomic E-state index is -0.607. The number of hydrogen-bond acceptors (Lipinski definition) is 6. The van der Waals surface area contributed by atoms with Gasteiger partial charge in [-0.05, 0) is 19.8 Å². The number of ether oxygens (including phenoxy) is 3. The van der Waals surface area contributed by atoms with Crippen molar-refractivity contribution in [1.29, 1.82) is 0 Å². The second-order valence-electron chi connectivity index (χ2n) is 4.36. The van der Waals surface area contributed by atoms with Crippen molar-refractivity contribution >= 4 is 17.8 Å². The number of nitrogens with zero attached hydrogens (tertiary/aromatic N) is 1. The number of amides is 1. The molecular weight excluding hydrogens is 254 g/mol. The molecule has 0 radical (unpaired) electrons. The third-order valence-corrected chi connectivity index (χ3v) is 2.91. The second-order valence-corrected chi connectivity index (χ2v) is 4.36. The van der Waals surface area contributed by atoms with E-state index in [1.165, 1.54) is 14.2 Å². The Morgan fingerprint density at radius 1 is 1.11 bits per heavy atom. The van der Waals surface area contributed by atoms with Gasteiger partial charge in [0.2, 0.25) is 0 Å². The predicted molar refractivity (Wildman–Crippen MR) is 64.2 cm³/mol. The van der Waals surface area contributed by atoms with Gasteiger partial charge < -0.3 is 19.1 Å². The van der Waals surface area contributed by atoms with Crippen LogP contribution in [0.1, 0.15) is 19.8 Å². The van der Waals surface area contributed by atoms with Gasteiger partial charge in [-0.2, -0.15) is 0 Å². The first-order valence-corrected chi connectivity index (χ1v) is 6.05. The van der Waals surface area contributed by atoms with Crippen LogP contribution in [0.4, 0.5) is 0 Å². The normalized spacial score (nSPS) is 21.8. The number of methoxy groups -OCH3 is 2. The summed E-state index contributed by atoms with van der Waals surface area (Å²) < 4.78 is 14.4. The van der Waals surface area contributed by atoms with E-state index >= 15 is 0 Å². The topological polar surface area (TPSA) is 82.1 Å². The smallest absolute Gasteiger partial charge is 0.325 e. The first kappa shape index (κ1) is 15.4. The highest BCUT2D eigenvalue weighted by atomic mass is 16.5. The molecule has 0 saturated carbocycles. The van der Waals surface area contributed by atoms with Crippen LogP contribution in [0.15, 0.2) is 0 Å².